The summed E-state index contributed by atoms with van der Waals surface area (Å²) in [5.41, 5.74) is 2.28. The Bertz CT molecular complexity index is 533. The van der Waals surface area contributed by atoms with Crippen molar-refractivity contribution in [2.24, 2.45) is 11.8 Å². The molecule has 0 saturated carbocycles. The summed E-state index contributed by atoms with van der Waals surface area (Å²) in [5, 5.41) is 0.155. The summed E-state index contributed by atoms with van der Waals surface area (Å²) in [7, 11) is -3.62. The highest BCUT2D eigenvalue weighted by molar-refractivity contribution is 7.89. The molecule has 0 aliphatic heterocycles. The van der Waals surface area contributed by atoms with Crippen molar-refractivity contribution in [2.45, 2.75) is 38.1 Å². The van der Waals surface area contributed by atoms with Crippen molar-refractivity contribution >= 4 is 27.4 Å². The predicted octanol–water partition coefficient (Wildman–Crippen LogP) is 1.73. The molecule has 0 fully saturated rings. The van der Waals surface area contributed by atoms with Gasteiger partial charge in [-0.05, 0) is 25.3 Å². The van der Waals surface area contributed by atoms with E-state index in [9.17, 15) is 8.42 Å². The first-order valence-corrected chi connectivity index (χ1v) is 7.77. The maximum absolute atomic E-state index is 12.1. The molecule has 0 amide bonds. The summed E-state index contributed by atoms with van der Waals surface area (Å²) in [4.78, 5) is 3.86. The largest absolute Gasteiger partial charge is 0.307 e. The van der Waals surface area contributed by atoms with E-state index in [1.165, 1.54) is 12.3 Å². The third-order valence-corrected chi connectivity index (χ3v) is 4.29. The Balaban J connectivity index is 2.91. The molecule has 8 heteroatoms. The number of nitrogens with two attached hydrogens (primary N) is 1. The average Bonchev–Trinajstić information content (AvgIpc) is 2.26. The number of nitrogens with zero attached hydrogens (tertiary/aromatic N) is 1. The van der Waals surface area contributed by atoms with Crippen molar-refractivity contribution in [1.29, 1.82) is 0 Å². The lowest BCUT2D eigenvalue weighted by Gasteiger charge is -2.16. The minimum Gasteiger partial charge on any atom is -0.307 e. The third-order valence-electron chi connectivity index (χ3n) is 2.44. The molecule has 0 aliphatic rings. The topological polar surface area (TPSA) is 97.1 Å². The van der Waals surface area contributed by atoms with Gasteiger partial charge in [0.15, 0.2) is 5.82 Å². The number of anilines is 1. The van der Waals surface area contributed by atoms with Crippen LogP contribution in [0, 0.1) is 5.92 Å². The maximum atomic E-state index is 12.1. The summed E-state index contributed by atoms with van der Waals surface area (Å²) in [5.74, 6) is 5.82. The van der Waals surface area contributed by atoms with Gasteiger partial charge in [-0.2, -0.15) is 0 Å². The van der Waals surface area contributed by atoms with Crippen LogP contribution in [0.3, 0.4) is 0 Å². The van der Waals surface area contributed by atoms with Crippen LogP contribution in [0.25, 0.3) is 0 Å². The second kappa shape index (κ2) is 6.51. The number of hydrogen-bond donors (Lipinski definition) is 3. The van der Waals surface area contributed by atoms with Crippen LogP contribution in [-0.4, -0.2) is 19.4 Å². The maximum Gasteiger partial charge on any atom is 0.242 e. The molecular weight excluding hydrogens is 288 g/mol. The Morgan fingerprint density at radius 2 is 2.05 bits per heavy atom. The molecule has 6 nitrogen and oxygen atoms in total. The normalized spacial score (nSPS) is 13.6. The van der Waals surface area contributed by atoms with Gasteiger partial charge in [-0.3, -0.25) is 0 Å². The molecule has 1 rings (SSSR count). The smallest absolute Gasteiger partial charge is 0.242 e. The Morgan fingerprint density at radius 3 is 2.53 bits per heavy atom. The fourth-order valence-electron chi connectivity index (χ4n) is 1.76. The molecule has 0 saturated heterocycles. The van der Waals surface area contributed by atoms with Gasteiger partial charge in [0.05, 0.1) is 5.02 Å². The summed E-state index contributed by atoms with van der Waals surface area (Å²) >= 11 is 5.86. The van der Waals surface area contributed by atoms with E-state index in [4.69, 9.17) is 17.4 Å². The minimum absolute atomic E-state index is 0.0205. The Hall–Kier alpha value is -0.890. The van der Waals surface area contributed by atoms with Gasteiger partial charge in [-0.1, -0.05) is 25.4 Å². The first kappa shape index (κ1) is 16.2. The molecule has 1 aromatic rings. The molecule has 0 radical (unpaired) electrons. The molecule has 4 N–H and O–H groups in total. The van der Waals surface area contributed by atoms with Crippen molar-refractivity contribution in [3.05, 3.63) is 17.3 Å². The van der Waals surface area contributed by atoms with E-state index in [1.807, 2.05) is 20.8 Å². The molecule has 19 heavy (non-hydrogen) atoms. The van der Waals surface area contributed by atoms with E-state index in [1.54, 1.807) is 0 Å². The first-order valence-electron chi connectivity index (χ1n) is 5.90. The van der Waals surface area contributed by atoms with Crippen molar-refractivity contribution < 1.29 is 8.42 Å². The number of pyridine rings is 1. The second-order valence-corrected chi connectivity index (χ2v) is 6.92. The molecular formula is C11H19ClN4O2S. The van der Waals surface area contributed by atoms with E-state index in [2.05, 4.69) is 15.1 Å². The van der Waals surface area contributed by atoms with Crippen LogP contribution in [0.4, 0.5) is 5.82 Å². The third kappa shape index (κ3) is 4.61. The first-order chi connectivity index (χ1) is 8.76. The number of nitrogen functional groups attached to an aromatic ring is 1. The number of halogens is 1. The van der Waals surface area contributed by atoms with E-state index in [0.717, 1.165) is 6.42 Å². The van der Waals surface area contributed by atoms with Crippen LogP contribution in [-0.2, 0) is 10.0 Å². The van der Waals surface area contributed by atoms with Crippen molar-refractivity contribution in [1.82, 2.24) is 9.71 Å². The number of hydrazine groups is 1. The zero-order valence-corrected chi connectivity index (χ0v) is 12.7. The number of sulfonamides is 1. The van der Waals surface area contributed by atoms with Gasteiger partial charge in [0, 0.05) is 12.2 Å². The highest BCUT2D eigenvalue weighted by atomic mass is 35.5. The van der Waals surface area contributed by atoms with E-state index in [0.29, 0.717) is 5.92 Å². The summed E-state index contributed by atoms with van der Waals surface area (Å²) in [6.07, 6.45) is 1.97. The van der Waals surface area contributed by atoms with Crippen molar-refractivity contribution in [3.63, 3.8) is 0 Å². The monoisotopic (exact) mass is 306 g/mol. The summed E-state index contributed by atoms with van der Waals surface area (Å²) in [6, 6.07) is 1.16. The van der Waals surface area contributed by atoms with E-state index < -0.39 is 10.0 Å². The van der Waals surface area contributed by atoms with Crippen LogP contribution in [0.15, 0.2) is 17.2 Å². The lowest BCUT2D eigenvalue weighted by Crippen LogP contribution is -2.33. The standard InChI is InChI=1S/C11H19ClN4O2S/c1-7(2)4-8(3)16-19(17,18)9-5-10(12)11(15-13)14-6-9/h5-8,16H,4,13H2,1-3H3,(H,14,15). The molecule has 1 unspecified atom stereocenters. The average molecular weight is 307 g/mol. The number of nitrogens with one attached hydrogen (secondary N) is 2. The number of rotatable bonds is 6. The van der Waals surface area contributed by atoms with Gasteiger partial charge in [-0.25, -0.2) is 24.0 Å². The summed E-state index contributed by atoms with van der Waals surface area (Å²) < 4.78 is 26.8. The molecule has 0 aromatic carbocycles. The van der Waals surface area contributed by atoms with Crippen LogP contribution in [0.5, 0.6) is 0 Å². The lowest BCUT2D eigenvalue weighted by atomic mass is 10.1. The number of hydrogen-bond acceptors (Lipinski definition) is 5. The molecule has 0 bridgehead atoms. The van der Waals surface area contributed by atoms with Gasteiger partial charge in [0.2, 0.25) is 10.0 Å². The summed E-state index contributed by atoms with van der Waals surface area (Å²) in [6.45, 7) is 5.89. The highest BCUT2D eigenvalue weighted by Crippen LogP contribution is 2.21. The van der Waals surface area contributed by atoms with Crippen molar-refractivity contribution in [3.8, 4) is 0 Å². The highest BCUT2D eigenvalue weighted by Gasteiger charge is 2.19. The lowest BCUT2D eigenvalue weighted by molar-refractivity contribution is 0.482. The predicted molar refractivity (Wildman–Crippen MR) is 76.3 cm³/mol. The Morgan fingerprint density at radius 1 is 1.42 bits per heavy atom. The van der Waals surface area contributed by atoms with Gasteiger partial charge in [0.1, 0.15) is 4.90 Å². The van der Waals surface area contributed by atoms with Crippen LogP contribution in [0.2, 0.25) is 5.02 Å². The molecule has 0 aliphatic carbocycles. The molecule has 1 heterocycles. The molecule has 108 valence electrons. The van der Waals surface area contributed by atoms with E-state index >= 15 is 0 Å². The minimum atomic E-state index is -3.62. The van der Waals surface area contributed by atoms with Gasteiger partial charge >= 0.3 is 0 Å². The second-order valence-electron chi connectivity index (χ2n) is 4.80. The molecule has 1 aromatic heterocycles. The fraction of sp³-hybridized carbons (Fsp3) is 0.545. The molecule has 0 spiro atoms. The zero-order valence-electron chi connectivity index (χ0n) is 11.1. The Labute approximate surface area is 118 Å². The van der Waals surface area contributed by atoms with Crippen LogP contribution in [0.1, 0.15) is 27.2 Å². The Kier molecular flexibility index (Phi) is 5.54. The number of aromatic nitrogens is 1. The molecule has 1 atom stereocenters. The van der Waals surface area contributed by atoms with E-state index in [-0.39, 0.29) is 21.8 Å². The van der Waals surface area contributed by atoms with Gasteiger partial charge < -0.3 is 5.43 Å². The van der Waals surface area contributed by atoms with Gasteiger partial charge in [0.25, 0.3) is 0 Å². The zero-order chi connectivity index (χ0) is 14.6. The van der Waals surface area contributed by atoms with Crippen molar-refractivity contribution in [2.75, 3.05) is 5.43 Å². The quantitative estimate of drug-likeness (QED) is 0.549. The SMILES string of the molecule is CC(C)CC(C)NS(=O)(=O)c1cnc(NN)c(Cl)c1. The van der Waals surface area contributed by atoms with Crippen LogP contribution < -0.4 is 16.0 Å². The fourth-order valence-corrected chi connectivity index (χ4v) is 3.27. The van der Waals surface area contributed by atoms with Crippen LogP contribution >= 0.6 is 11.6 Å². The van der Waals surface area contributed by atoms with Gasteiger partial charge in [-0.15, -0.1) is 0 Å².